The Balaban J connectivity index is 2.18. The Hall–Kier alpha value is -2.03. The molecule has 0 aliphatic heterocycles. The molecule has 0 aliphatic carbocycles. The van der Waals surface area contributed by atoms with Crippen molar-refractivity contribution in [2.24, 2.45) is 0 Å². The third-order valence-corrected chi connectivity index (χ3v) is 3.91. The predicted octanol–water partition coefficient (Wildman–Crippen LogP) is 2.97. The van der Waals surface area contributed by atoms with Gasteiger partial charge in [0, 0.05) is 12.1 Å². The van der Waals surface area contributed by atoms with Crippen LogP contribution in [0, 0.1) is 3.57 Å². The second kappa shape index (κ2) is 6.17. The smallest absolute Gasteiger partial charge is 0.184 e. The SMILES string of the molecule is CCNc1nc(-c2cn[nH]n2)nc(-c2ccccc2)c1I. The zero-order valence-corrected chi connectivity index (χ0v) is 13.5. The lowest BCUT2D eigenvalue weighted by Crippen LogP contribution is -2.06. The predicted molar refractivity (Wildman–Crippen MR) is 89.7 cm³/mol. The van der Waals surface area contributed by atoms with Gasteiger partial charge in [0.25, 0.3) is 0 Å². The van der Waals surface area contributed by atoms with E-state index in [2.05, 4.69) is 53.3 Å². The van der Waals surface area contributed by atoms with Gasteiger partial charge in [-0.25, -0.2) is 9.97 Å². The van der Waals surface area contributed by atoms with Crippen LogP contribution < -0.4 is 5.32 Å². The molecule has 6 nitrogen and oxygen atoms in total. The monoisotopic (exact) mass is 392 g/mol. The molecule has 0 radical (unpaired) electrons. The molecule has 21 heavy (non-hydrogen) atoms. The number of nitrogens with one attached hydrogen (secondary N) is 2. The van der Waals surface area contributed by atoms with E-state index in [4.69, 9.17) is 0 Å². The van der Waals surface area contributed by atoms with E-state index in [9.17, 15) is 0 Å². The molecule has 3 rings (SSSR count). The molecular formula is C14H13IN6. The summed E-state index contributed by atoms with van der Waals surface area (Å²) < 4.78 is 0.993. The van der Waals surface area contributed by atoms with E-state index in [1.807, 2.05) is 37.3 Å². The van der Waals surface area contributed by atoms with Crippen LogP contribution in [-0.2, 0) is 0 Å². The minimum atomic E-state index is 0.555. The summed E-state index contributed by atoms with van der Waals surface area (Å²) in [7, 11) is 0. The molecule has 0 atom stereocenters. The van der Waals surface area contributed by atoms with E-state index in [1.54, 1.807) is 6.20 Å². The van der Waals surface area contributed by atoms with Gasteiger partial charge < -0.3 is 5.32 Å². The number of halogens is 1. The van der Waals surface area contributed by atoms with Crippen LogP contribution in [0.5, 0.6) is 0 Å². The minimum Gasteiger partial charge on any atom is -0.369 e. The first-order valence-electron chi connectivity index (χ1n) is 6.52. The van der Waals surface area contributed by atoms with Crippen molar-refractivity contribution in [2.75, 3.05) is 11.9 Å². The van der Waals surface area contributed by atoms with Gasteiger partial charge in [0.2, 0.25) is 0 Å². The van der Waals surface area contributed by atoms with Gasteiger partial charge in [0.15, 0.2) is 5.82 Å². The molecule has 0 spiro atoms. The molecule has 0 fully saturated rings. The first-order chi connectivity index (χ1) is 10.3. The molecule has 7 heteroatoms. The molecule has 0 bridgehead atoms. The highest BCUT2D eigenvalue weighted by molar-refractivity contribution is 14.1. The number of anilines is 1. The third-order valence-electron chi connectivity index (χ3n) is 2.89. The van der Waals surface area contributed by atoms with Gasteiger partial charge in [-0.3, -0.25) is 0 Å². The fourth-order valence-electron chi connectivity index (χ4n) is 1.94. The molecule has 2 aromatic heterocycles. The van der Waals surface area contributed by atoms with E-state index in [1.165, 1.54) is 0 Å². The maximum Gasteiger partial charge on any atom is 0.184 e. The largest absolute Gasteiger partial charge is 0.369 e. The van der Waals surface area contributed by atoms with Crippen molar-refractivity contribution in [3.8, 4) is 22.8 Å². The Morgan fingerprint density at radius 2 is 2.00 bits per heavy atom. The molecule has 0 unspecified atom stereocenters. The summed E-state index contributed by atoms with van der Waals surface area (Å²) in [5.74, 6) is 1.36. The molecule has 2 heterocycles. The van der Waals surface area contributed by atoms with Crippen LogP contribution in [-0.4, -0.2) is 31.9 Å². The summed E-state index contributed by atoms with van der Waals surface area (Å²) in [6, 6.07) is 10.0. The average Bonchev–Trinajstić information content (AvgIpc) is 3.05. The van der Waals surface area contributed by atoms with Gasteiger partial charge >= 0.3 is 0 Å². The third kappa shape index (κ3) is 2.87. The summed E-state index contributed by atoms with van der Waals surface area (Å²) >= 11 is 2.27. The Morgan fingerprint density at radius 3 is 2.67 bits per heavy atom. The Bertz CT molecular complexity index is 727. The number of hydrogen-bond acceptors (Lipinski definition) is 5. The highest BCUT2D eigenvalue weighted by Crippen LogP contribution is 2.29. The van der Waals surface area contributed by atoms with E-state index in [0.717, 1.165) is 27.2 Å². The van der Waals surface area contributed by atoms with E-state index < -0.39 is 0 Å². The Kier molecular flexibility index (Phi) is 4.09. The first-order valence-corrected chi connectivity index (χ1v) is 7.60. The summed E-state index contributed by atoms with van der Waals surface area (Å²) in [4.78, 5) is 9.19. The topological polar surface area (TPSA) is 79.4 Å². The van der Waals surface area contributed by atoms with Crippen LogP contribution in [0.3, 0.4) is 0 Å². The fraction of sp³-hybridized carbons (Fsp3) is 0.143. The number of hydrogen-bond donors (Lipinski definition) is 2. The maximum atomic E-state index is 4.65. The summed E-state index contributed by atoms with van der Waals surface area (Å²) in [5.41, 5.74) is 2.57. The van der Waals surface area contributed by atoms with Crippen molar-refractivity contribution in [1.82, 2.24) is 25.4 Å². The van der Waals surface area contributed by atoms with Gasteiger partial charge in [-0.05, 0) is 29.5 Å². The maximum absolute atomic E-state index is 4.65. The molecule has 1 aromatic carbocycles. The number of rotatable bonds is 4. The zero-order chi connectivity index (χ0) is 14.7. The Morgan fingerprint density at radius 1 is 1.19 bits per heavy atom. The number of nitrogens with zero attached hydrogens (tertiary/aromatic N) is 4. The molecule has 0 saturated heterocycles. The summed E-state index contributed by atoms with van der Waals surface area (Å²) in [6.07, 6.45) is 1.62. The lowest BCUT2D eigenvalue weighted by atomic mass is 10.1. The standard InChI is InChI=1S/C14H13IN6/c1-2-16-14-11(15)12(9-6-4-3-5-7-9)18-13(19-14)10-8-17-21-20-10/h3-8H,2H2,1H3,(H,16,18,19)(H,17,20,21). The first kappa shape index (κ1) is 13.9. The number of H-pyrrole nitrogens is 1. The van der Waals surface area contributed by atoms with Crippen LogP contribution >= 0.6 is 22.6 Å². The molecule has 0 aliphatic rings. The van der Waals surface area contributed by atoms with E-state index in [-0.39, 0.29) is 0 Å². The van der Waals surface area contributed by atoms with Crippen molar-refractivity contribution in [3.63, 3.8) is 0 Å². The molecule has 0 amide bonds. The average molecular weight is 392 g/mol. The second-order valence-corrected chi connectivity index (χ2v) is 5.39. The van der Waals surface area contributed by atoms with Crippen molar-refractivity contribution in [2.45, 2.75) is 6.92 Å². The van der Waals surface area contributed by atoms with Crippen molar-refractivity contribution in [3.05, 3.63) is 40.1 Å². The van der Waals surface area contributed by atoms with Gasteiger partial charge in [-0.2, -0.15) is 15.4 Å². The molecule has 2 N–H and O–H groups in total. The van der Waals surface area contributed by atoms with Crippen LogP contribution in [0.4, 0.5) is 5.82 Å². The quantitative estimate of drug-likeness (QED) is 0.668. The van der Waals surface area contributed by atoms with Gasteiger partial charge in [-0.15, -0.1) is 0 Å². The highest BCUT2D eigenvalue weighted by atomic mass is 127. The Labute approximate surface area is 135 Å². The fourth-order valence-corrected chi connectivity index (χ4v) is 2.69. The van der Waals surface area contributed by atoms with Gasteiger partial charge in [0.05, 0.1) is 15.5 Å². The zero-order valence-electron chi connectivity index (χ0n) is 11.3. The number of benzene rings is 1. The van der Waals surface area contributed by atoms with Crippen LogP contribution in [0.25, 0.3) is 22.8 Å². The van der Waals surface area contributed by atoms with Crippen molar-refractivity contribution in [1.29, 1.82) is 0 Å². The summed E-state index contributed by atoms with van der Waals surface area (Å²) in [5, 5.41) is 13.7. The van der Waals surface area contributed by atoms with E-state index in [0.29, 0.717) is 11.5 Å². The lowest BCUT2D eigenvalue weighted by molar-refractivity contribution is 0.938. The normalized spacial score (nSPS) is 10.6. The molecule has 3 aromatic rings. The minimum absolute atomic E-state index is 0.555. The highest BCUT2D eigenvalue weighted by Gasteiger charge is 2.15. The summed E-state index contributed by atoms with van der Waals surface area (Å²) in [6.45, 7) is 2.83. The number of aromatic amines is 1. The molecule has 0 saturated carbocycles. The number of aromatic nitrogens is 5. The van der Waals surface area contributed by atoms with Crippen LogP contribution in [0.15, 0.2) is 36.5 Å². The van der Waals surface area contributed by atoms with Crippen LogP contribution in [0.1, 0.15) is 6.92 Å². The van der Waals surface area contributed by atoms with Gasteiger partial charge in [0.1, 0.15) is 11.5 Å². The lowest BCUT2D eigenvalue weighted by Gasteiger charge is -2.11. The van der Waals surface area contributed by atoms with Crippen molar-refractivity contribution < 1.29 is 0 Å². The van der Waals surface area contributed by atoms with Gasteiger partial charge in [-0.1, -0.05) is 30.3 Å². The molecule has 106 valence electrons. The van der Waals surface area contributed by atoms with Crippen molar-refractivity contribution >= 4 is 28.4 Å². The molecular weight excluding hydrogens is 379 g/mol. The van der Waals surface area contributed by atoms with E-state index >= 15 is 0 Å². The second-order valence-electron chi connectivity index (χ2n) is 4.31. The van der Waals surface area contributed by atoms with Crippen LogP contribution in [0.2, 0.25) is 0 Å².